The van der Waals surface area contributed by atoms with Crippen LogP contribution in [0.15, 0.2) is 43.9 Å². The van der Waals surface area contributed by atoms with E-state index in [1.807, 2.05) is 0 Å². The molecule has 0 aliphatic heterocycles. The molecular weight excluding hydrogens is 373 g/mol. The second kappa shape index (κ2) is 5.25. The minimum absolute atomic E-state index is 0.249. The van der Waals surface area contributed by atoms with Gasteiger partial charge in [0.15, 0.2) is 5.76 Å². The number of benzene rings is 1. The van der Waals surface area contributed by atoms with Crippen molar-refractivity contribution in [2.45, 2.75) is 0 Å². The summed E-state index contributed by atoms with van der Waals surface area (Å²) in [4.78, 5) is 11.8. The van der Waals surface area contributed by atoms with E-state index in [2.05, 4.69) is 37.2 Å². The van der Waals surface area contributed by atoms with Crippen LogP contribution in [0.5, 0.6) is 0 Å². The minimum atomic E-state index is -0.321. The smallest absolute Gasteiger partial charge is 0.291 e. The lowest BCUT2D eigenvalue weighted by Crippen LogP contribution is -2.11. The normalized spacial score (nSPS) is 10.3. The lowest BCUT2D eigenvalue weighted by Gasteiger charge is -2.08. The van der Waals surface area contributed by atoms with E-state index in [4.69, 9.17) is 16.0 Å². The van der Waals surface area contributed by atoms with Crippen molar-refractivity contribution < 1.29 is 9.21 Å². The summed E-state index contributed by atoms with van der Waals surface area (Å²) >= 11 is 12.5. The van der Waals surface area contributed by atoms with E-state index in [1.165, 1.54) is 6.26 Å². The van der Waals surface area contributed by atoms with Crippen LogP contribution in [0.25, 0.3) is 0 Å². The fourth-order valence-electron chi connectivity index (χ4n) is 1.24. The summed E-state index contributed by atoms with van der Waals surface area (Å²) in [7, 11) is 0. The third kappa shape index (κ3) is 2.91. The molecule has 0 spiro atoms. The Labute approximate surface area is 119 Å². The zero-order valence-corrected chi connectivity index (χ0v) is 12.3. The molecule has 1 N–H and O–H groups in total. The van der Waals surface area contributed by atoms with Crippen molar-refractivity contribution >= 4 is 55.1 Å². The van der Waals surface area contributed by atoms with Gasteiger partial charge < -0.3 is 9.73 Å². The Bertz CT molecular complexity index is 532. The van der Waals surface area contributed by atoms with Gasteiger partial charge in [0.25, 0.3) is 5.91 Å². The molecule has 2 aromatic rings. The highest BCUT2D eigenvalue weighted by Crippen LogP contribution is 2.34. The third-order valence-corrected chi connectivity index (χ3v) is 3.46. The van der Waals surface area contributed by atoms with Crippen LogP contribution in [-0.4, -0.2) is 5.91 Å². The van der Waals surface area contributed by atoms with Crippen LogP contribution in [0.4, 0.5) is 5.69 Å². The summed E-state index contributed by atoms with van der Waals surface area (Å²) in [5.41, 5.74) is 0.607. The molecule has 0 saturated heterocycles. The minimum Gasteiger partial charge on any atom is -0.459 e. The van der Waals surface area contributed by atoms with Gasteiger partial charge in [0, 0.05) is 14.0 Å². The molecule has 1 heterocycles. The monoisotopic (exact) mass is 377 g/mol. The zero-order valence-electron chi connectivity index (χ0n) is 8.34. The van der Waals surface area contributed by atoms with Gasteiger partial charge in [0.05, 0.1) is 12.0 Å². The Balaban J connectivity index is 2.28. The molecule has 0 unspecified atom stereocenters. The summed E-state index contributed by atoms with van der Waals surface area (Å²) in [6.07, 6.45) is 1.45. The number of carbonyl (C=O) groups is 1. The predicted molar refractivity (Wildman–Crippen MR) is 73.5 cm³/mol. The third-order valence-electron chi connectivity index (χ3n) is 1.99. The van der Waals surface area contributed by atoms with E-state index in [0.29, 0.717) is 19.7 Å². The van der Waals surface area contributed by atoms with E-state index < -0.39 is 0 Å². The first-order valence-corrected chi connectivity index (χ1v) is 6.53. The standard InChI is InChI=1S/C11H6Br2ClNO2/c12-7-4-6(14)5-8(13)10(7)15-11(16)9-2-1-3-17-9/h1-5H,(H,15,16). The molecule has 3 nitrogen and oxygen atoms in total. The van der Waals surface area contributed by atoms with E-state index >= 15 is 0 Å². The molecule has 0 atom stereocenters. The second-order valence-electron chi connectivity index (χ2n) is 3.18. The van der Waals surface area contributed by atoms with Crippen LogP contribution in [0.1, 0.15) is 10.6 Å². The molecule has 0 radical (unpaired) electrons. The number of hydrogen-bond acceptors (Lipinski definition) is 2. The number of furan rings is 1. The SMILES string of the molecule is O=C(Nc1c(Br)cc(Cl)cc1Br)c1ccco1. The first-order valence-electron chi connectivity index (χ1n) is 4.57. The van der Waals surface area contributed by atoms with Crippen LogP contribution >= 0.6 is 43.5 Å². The number of anilines is 1. The highest BCUT2D eigenvalue weighted by atomic mass is 79.9. The zero-order chi connectivity index (χ0) is 12.4. The summed E-state index contributed by atoms with van der Waals surface area (Å²) < 4.78 is 6.39. The van der Waals surface area contributed by atoms with Crippen molar-refractivity contribution in [2.24, 2.45) is 0 Å². The molecule has 0 saturated carbocycles. The number of amides is 1. The number of nitrogens with one attached hydrogen (secondary N) is 1. The molecule has 17 heavy (non-hydrogen) atoms. The topological polar surface area (TPSA) is 42.2 Å². The Hall–Kier alpha value is -0.780. The van der Waals surface area contributed by atoms with Gasteiger partial charge in [-0.05, 0) is 56.1 Å². The highest BCUT2D eigenvalue weighted by molar-refractivity contribution is 9.11. The molecule has 6 heteroatoms. The van der Waals surface area contributed by atoms with Gasteiger partial charge in [0.1, 0.15) is 0 Å². The average Bonchev–Trinajstić information content (AvgIpc) is 2.76. The van der Waals surface area contributed by atoms with Crippen molar-refractivity contribution in [2.75, 3.05) is 5.32 Å². The molecule has 0 aliphatic carbocycles. The fraction of sp³-hybridized carbons (Fsp3) is 0. The number of carbonyl (C=O) groups excluding carboxylic acids is 1. The lowest BCUT2D eigenvalue weighted by molar-refractivity contribution is 0.0996. The first-order chi connectivity index (χ1) is 8.08. The number of halogens is 3. The summed E-state index contributed by atoms with van der Waals surface area (Å²) in [5.74, 6) is -0.0718. The van der Waals surface area contributed by atoms with E-state index in [9.17, 15) is 4.79 Å². The molecule has 0 bridgehead atoms. The molecule has 1 amide bonds. The average molecular weight is 379 g/mol. The summed E-state index contributed by atoms with van der Waals surface area (Å²) in [6, 6.07) is 6.64. The maximum atomic E-state index is 11.8. The summed E-state index contributed by atoms with van der Waals surface area (Å²) in [6.45, 7) is 0. The fourth-order valence-corrected chi connectivity index (χ4v) is 3.11. The number of hydrogen-bond donors (Lipinski definition) is 1. The summed E-state index contributed by atoms with van der Waals surface area (Å²) in [5, 5.41) is 3.29. The Morgan fingerprint density at radius 1 is 1.29 bits per heavy atom. The second-order valence-corrected chi connectivity index (χ2v) is 5.32. The molecule has 1 aromatic heterocycles. The van der Waals surface area contributed by atoms with Gasteiger partial charge >= 0.3 is 0 Å². The Morgan fingerprint density at radius 3 is 2.47 bits per heavy atom. The largest absolute Gasteiger partial charge is 0.459 e. The first kappa shape index (κ1) is 12.7. The molecule has 0 aliphatic rings. The van der Waals surface area contributed by atoms with Gasteiger partial charge in [0.2, 0.25) is 0 Å². The molecule has 2 rings (SSSR count). The maximum absolute atomic E-state index is 11.8. The Morgan fingerprint density at radius 2 is 1.94 bits per heavy atom. The van der Waals surface area contributed by atoms with Gasteiger partial charge in [-0.25, -0.2) is 0 Å². The van der Waals surface area contributed by atoms with Crippen molar-refractivity contribution in [3.63, 3.8) is 0 Å². The molecule has 1 aromatic carbocycles. The van der Waals surface area contributed by atoms with Crippen molar-refractivity contribution in [3.05, 3.63) is 50.3 Å². The van der Waals surface area contributed by atoms with Crippen LogP contribution in [0, 0.1) is 0 Å². The molecule has 0 fully saturated rings. The van der Waals surface area contributed by atoms with Crippen LogP contribution < -0.4 is 5.32 Å². The van der Waals surface area contributed by atoms with Gasteiger partial charge in [-0.2, -0.15) is 0 Å². The molecule has 88 valence electrons. The molecular formula is C11H6Br2ClNO2. The van der Waals surface area contributed by atoms with Crippen LogP contribution in [0.2, 0.25) is 5.02 Å². The van der Waals surface area contributed by atoms with Gasteiger partial charge in [-0.1, -0.05) is 11.6 Å². The number of rotatable bonds is 2. The Kier molecular flexibility index (Phi) is 3.91. The van der Waals surface area contributed by atoms with Crippen molar-refractivity contribution in [1.82, 2.24) is 0 Å². The quantitative estimate of drug-likeness (QED) is 0.821. The highest BCUT2D eigenvalue weighted by Gasteiger charge is 2.13. The van der Waals surface area contributed by atoms with E-state index in [0.717, 1.165) is 0 Å². The van der Waals surface area contributed by atoms with Gasteiger partial charge in [-0.3, -0.25) is 4.79 Å². The van der Waals surface area contributed by atoms with Gasteiger partial charge in [-0.15, -0.1) is 0 Å². The predicted octanol–water partition coefficient (Wildman–Crippen LogP) is 4.71. The lowest BCUT2D eigenvalue weighted by atomic mass is 10.3. The maximum Gasteiger partial charge on any atom is 0.291 e. The van der Waals surface area contributed by atoms with Crippen molar-refractivity contribution in [3.8, 4) is 0 Å². The van der Waals surface area contributed by atoms with Crippen LogP contribution in [0.3, 0.4) is 0 Å². The van der Waals surface area contributed by atoms with Crippen LogP contribution in [-0.2, 0) is 0 Å². The van der Waals surface area contributed by atoms with E-state index in [1.54, 1.807) is 24.3 Å². The van der Waals surface area contributed by atoms with E-state index in [-0.39, 0.29) is 11.7 Å². The van der Waals surface area contributed by atoms with Crippen molar-refractivity contribution in [1.29, 1.82) is 0 Å².